The summed E-state index contributed by atoms with van der Waals surface area (Å²) < 4.78 is 11.2. The third-order valence-electron chi connectivity index (χ3n) is 4.05. The first-order chi connectivity index (χ1) is 9.99. The summed E-state index contributed by atoms with van der Waals surface area (Å²) in [7, 11) is 1.44. The quantitative estimate of drug-likeness (QED) is 0.770. The van der Waals surface area contributed by atoms with Crippen LogP contribution in [-0.4, -0.2) is 35.1 Å². The number of aliphatic hydroxyl groups is 1. The van der Waals surface area contributed by atoms with E-state index in [1.165, 1.54) is 17.7 Å². The Morgan fingerprint density at radius 3 is 2.90 bits per heavy atom. The minimum absolute atomic E-state index is 0.0353. The predicted molar refractivity (Wildman–Crippen MR) is 69.8 cm³/mol. The van der Waals surface area contributed by atoms with Gasteiger partial charge in [-0.1, -0.05) is 0 Å². The maximum absolute atomic E-state index is 12.4. The van der Waals surface area contributed by atoms with Crippen LogP contribution in [0.1, 0.15) is 34.5 Å². The first kappa shape index (κ1) is 14.0. The van der Waals surface area contributed by atoms with E-state index in [2.05, 4.69) is 0 Å². The highest BCUT2D eigenvalue weighted by Crippen LogP contribution is 2.34. The van der Waals surface area contributed by atoms with Gasteiger partial charge in [0.1, 0.15) is 6.61 Å². The van der Waals surface area contributed by atoms with Crippen molar-refractivity contribution in [1.82, 2.24) is 4.57 Å². The molecule has 0 spiro atoms. The van der Waals surface area contributed by atoms with Gasteiger partial charge < -0.3 is 19.1 Å². The molecule has 0 aromatic carbocycles. The Morgan fingerprint density at radius 2 is 2.19 bits per heavy atom. The van der Waals surface area contributed by atoms with Crippen molar-refractivity contribution in [3.8, 4) is 0 Å². The van der Waals surface area contributed by atoms with Gasteiger partial charge in [0.15, 0.2) is 11.4 Å². The van der Waals surface area contributed by atoms with E-state index in [0.29, 0.717) is 6.54 Å². The summed E-state index contributed by atoms with van der Waals surface area (Å²) in [4.78, 5) is 36.2. The van der Waals surface area contributed by atoms with Crippen LogP contribution in [-0.2, 0) is 33.0 Å². The minimum Gasteiger partial charge on any atom is -0.458 e. The zero-order valence-corrected chi connectivity index (χ0v) is 11.5. The van der Waals surface area contributed by atoms with Crippen molar-refractivity contribution in [2.75, 3.05) is 13.7 Å². The lowest BCUT2D eigenvalue weighted by Crippen LogP contribution is -2.45. The molecule has 21 heavy (non-hydrogen) atoms. The van der Waals surface area contributed by atoms with Gasteiger partial charge in [0, 0.05) is 38.7 Å². The molecule has 0 bridgehead atoms. The Labute approximate surface area is 120 Å². The zero-order chi connectivity index (χ0) is 15.2. The molecule has 2 aliphatic rings. The number of ketones is 1. The number of esters is 1. The average Bonchev–Trinajstić information content (AvgIpc) is 2.84. The van der Waals surface area contributed by atoms with Gasteiger partial charge in [0.25, 0.3) is 5.56 Å². The molecule has 2 aliphatic heterocycles. The van der Waals surface area contributed by atoms with Crippen LogP contribution in [0.5, 0.6) is 0 Å². The lowest BCUT2D eigenvalue weighted by Gasteiger charge is -2.32. The number of aromatic nitrogens is 1. The van der Waals surface area contributed by atoms with Gasteiger partial charge in [0.05, 0.1) is 11.3 Å². The number of carbonyl (C=O) groups is 2. The molecule has 3 rings (SSSR count). The third kappa shape index (κ3) is 1.92. The molecule has 0 aliphatic carbocycles. The number of nitrogens with zero attached hydrogens (tertiary/aromatic N) is 1. The van der Waals surface area contributed by atoms with E-state index < -0.39 is 11.6 Å². The number of carbonyl (C=O) groups excluding carboxylic acids is 2. The zero-order valence-electron chi connectivity index (χ0n) is 11.5. The summed E-state index contributed by atoms with van der Waals surface area (Å²) in [5.74, 6) is -0.982. The number of ether oxygens (including phenoxy) is 2. The molecular formula is C14H15NO6. The average molecular weight is 293 g/mol. The van der Waals surface area contributed by atoms with Gasteiger partial charge in [-0.2, -0.15) is 0 Å². The Balaban J connectivity index is 2.20. The van der Waals surface area contributed by atoms with Crippen molar-refractivity contribution >= 4 is 11.8 Å². The summed E-state index contributed by atoms with van der Waals surface area (Å²) in [5, 5.41) is 10.7. The number of rotatable bonds is 3. The Kier molecular flexibility index (Phi) is 3.18. The molecule has 1 atom stereocenters. The molecule has 0 unspecified atom stereocenters. The Bertz CT molecular complexity index is 691. The van der Waals surface area contributed by atoms with E-state index in [-0.39, 0.29) is 54.2 Å². The van der Waals surface area contributed by atoms with E-state index in [4.69, 9.17) is 9.47 Å². The number of hydrogen-bond acceptors (Lipinski definition) is 6. The number of hydrogen-bond donors (Lipinski definition) is 1. The van der Waals surface area contributed by atoms with E-state index in [1.54, 1.807) is 0 Å². The smallest absolute Gasteiger partial charge is 0.343 e. The van der Waals surface area contributed by atoms with Gasteiger partial charge in [-0.3, -0.25) is 9.59 Å². The molecule has 3 heterocycles. The number of methoxy groups -OCH3 is 1. The highest BCUT2D eigenvalue weighted by molar-refractivity contribution is 5.97. The Morgan fingerprint density at radius 1 is 1.43 bits per heavy atom. The third-order valence-corrected chi connectivity index (χ3v) is 4.05. The van der Waals surface area contributed by atoms with Gasteiger partial charge in [-0.15, -0.1) is 0 Å². The van der Waals surface area contributed by atoms with Crippen molar-refractivity contribution in [3.63, 3.8) is 0 Å². The molecule has 0 fully saturated rings. The van der Waals surface area contributed by atoms with Crippen LogP contribution in [0.3, 0.4) is 0 Å². The van der Waals surface area contributed by atoms with Gasteiger partial charge in [0.2, 0.25) is 0 Å². The molecule has 7 nitrogen and oxygen atoms in total. The van der Waals surface area contributed by atoms with Crippen molar-refractivity contribution in [2.45, 2.75) is 31.6 Å². The van der Waals surface area contributed by atoms with E-state index in [0.717, 1.165) is 0 Å². The number of pyridine rings is 1. The van der Waals surface area contributed by atoms with Gasteiger partial charge in [-0.25, -0.2) is 4.79 Å². The van der Waals surface area contributed by atoms with Crippen LogP contribution < -0.4 is 5.56 Å². The molecule has 1 aromatic rings. The first-order valence-corrected chi connectivity index (χ1v) is 6.68. The first-order valence-electron chi connectivity index (χ1n) is 6.68. The van der Waals surface area contributed by atoms with Crippen LogP contribution in [0.15, 0.2) is 10.9 Å². The molecule has 112 valence electrons. The van der Waals surface area contributed by atoms with E-state index >= 15 is 0 Å². The van der Waals surface area contributed by atoms with Gasteiger partial charge >= 0.3 is 5.97 Å². The molecule has 0 radical (unpaired) electrons. The number of fused-ring (bicyclic) bond motifs is 2. The molecule has 1 aromatic heterocycles. The fourth-order valence-corrected chi connectivity index (χ4v) is 2.85. The largest absolute Gasteiger partial charge is 0.458 e. The standard InChI is InChI=1S/C14H15NO6/c1-20-5-3-14(19)9-6-10-11(16)2-4-15(10)12(17)8(9)7-21-13(14)18/h6,19H,2-5,7H2,1H3/t14-/m0/s1. The summed E-state index contributed by atoms with van der Waals surface area (Å²) in [6, 6.07) is 1.45. The fourth-order valence-electron chi connectivity index (χ4n) is 2.85. The maximum atomic E-state index is 12.4. The summed E-state index contributed by atoms with van der Waals surface area (Å²) in [5.41, 5.74) is -1.68. The highest BCUT2D eigenvalue weighted by Gasteiger charge is 2.46. The summed E-state index contributed by atoms with van der Waals surface area (Å²) in [6.07, 6.45) is 0.218. The molecule has 0 saturated carbocycles. The number of cyclic esters (lactones) is 1. The SMILES string of the molecule is COCC[C@@]1(O)C(=O)OCc2c1cc1n(c2=O)CCC1=O. The van der Waals surface area contributed by atoms with Crippen LogP contribution in [0.2, 0.25) is 0 Å². The van der Waals surface area contributed by atoms with Crippen molar-refractivity contribution < 1.29 is 24.2 Å². The fraction of sp³-hybridized carbons (Fsp3) is 0.500. The second-order valence-corrected chi connectivity index (χ2v) is 5.23. The number of Topliss-reactive ketones (excluding diaryl/α,β-unsaturated/α-hetero) is 1. The normalized spacial score (nSPS) is 23.7. The lowest BCUT2D eigenvalue weighted by molar-refractivity contribution is -0.174. The minimum atomic E-state index is -1.94. The van der Waals surface area contributed by atoms with Crippen LogP contribution >= 0.6 is 0 Å². The summed E-state index contributed by atoms with van der Waals surface area (Å²) >= 11 is 0. The van der Waals surface area contributed by atoms with E-state index in [1.807, 2.05) is 0 Å². The van der Waals surface area contributed by atoms with Crippen LogP contribution in [0.25, 0.3) is 0 Å². The van der Waals surface area contributed by atoms with E-state index in [9.17, 15) is 19.5 Å². The molecule has 0 amide bonds. The van der Waals surface area contributed by atoms with Crippen molar-refractivity contribution in [2.24, 2.45) is 0 Å². The molecule has 7 heteroatoms. The van der Waals surface area contributed by atoms with Crippen LogP contribution in [0.4, 0.5) is 0 Å². The molecule has 0 saturated heterocycles. The highest BCUT2D eigenvalue weighted by atomic mass is 16.6. The van der Waals surface area contributed by atoms with Gasteiger partial charge in [-0.05, 0) is 6.07 Å². The molecular weight excluding hydrogens is 278 g/mol. The summed E-state index contributed by atoms with van der Waals surface area (Å²) in [6.45, 7) is 0.263. The second kappa shape index (κ2) is 4.78. The topological polar surface area (TPSA) is 94.8 Å². The second-order valence-electron chi connectivity index (χ2n) is 5.23. The van der Waals surface area contributed by atoms with Crippen molar-refractivity contribution in [1.29, 1.82) is 0 Å². The predicted octanol–water partition coefficient (Wildman–Crippen LogP) is -0.284. The lowest BCUT2D eigenvalue weighted by atomic mass is 9.85. The molecule has 1 N–H and O–H groups in total. The maximum Gasteiger partial charge on any atom is 0.343 e. The van der Waals surface area contributed by atoms with Crippen LogP contribution in [0, 0.1) is 0 Å². The van der Waals surface area contributed by atoms with Crippen molar-refractivity contribution in [3.05, 3.63) is 33.2 Å². The Hall–Kier alpha value is -1.99. The monoisotopic (exact) mass is 293 g/mol.